The molecule has 6 nitrogen and oxygen atoms in total. The molecule has 0 aliphatic carbocycles. The van der Waals surface area contributed by atoms with E-state index >= 15 is 0 Å². The Hall–Kier alpha value is -2.45. The van der Waals surface area contributed by atoms with Crippen molar-refractivity contribution >= 4 is 0 Å². The summed E-state index contributed by atoms with van der Waals surface area (Å²) < 4.78 is 35.5. The Morgan fingerprint density at radius 3 is 2.06 bits per heavy atom. The number of aromatic nitrogens is 4. The van der Waals surface area contributed by atoms with Crippen molar-refractivity contribution in [1.29, 1.82) is 0 Å². The van der Waals surface area contributed by atoms with Crippen LogP contribution in [0.2, 0.25) is 0 Å². The number of alkyl halides is 3. The van der Waals surface area contributed by atoms with E-state index < -0.39 is 23.0 Å². The van der Waals surface area contributed by atoms with Gasteiger partial charge in [-0.15, -0.1) is 0 Å². The highest BCUT2D eigenvalue weighted by Crippen LogP contribution is 2.24. The molecule has 0 spiro atoms. The zero-order valence-electron chi connectivity index (χ0n) is 8.73. The van der Waals surface area contributed by atoms with Gasteiger partial charge in [-0.3, -0.25) is 9.78 Å². The number of hydrogen-bond acceptors (Lipinski definition) is 4. The van der Waals surface area contributed by atoms with Crippen LogP contribution in [0.1, 0.15) is 5.56 Å². The standard InChI is InChI=1S/C5H3F3N2O2.C4H4N2/c6-5(7,8)2-1-9-4(12)10-3(2)11;1-2-5-4-6-3-1/h1H,(H2,9,10,11,12);1-4H. The molecule has 96 valence electrons. The Kier molecular flexibility index (Phi) is 4.35. The third kappa shape index (κ3) is 4.20. The zero-order chi connectivity index (χ0) is 13.6. The molecule has 2 aromatic rings. The second-order valence-electron chi connectivity index (χ2n) is 2.89. The maximum Gasteiger partial charge on any atom is 0.423 e. The molecule has 2 aromatic heterocycles. The van der Waals surface area contributed by atoms with Crippen molar-refractivity contribution in [1.82, 2.24) is 19.9 Å². The molecule has 2 N–H and O–H groups in total. The quantitative estimate of drug-likeness (QED) is 0.724. The molecule has 2 heterocycles. The predicted octanol–water partition coefficient (Wildman–Crippen LogP) is 0.559. The Bertz CT molecular complexity index is 564. The van der Waals surface area contributed by atoms with Gasteiger partial charge in [0, 0.05) is 18.6 Å². The van der Waals surface area contributed by atoms with Gasteiger partial charge in [0.05, 0.1) is 0 Å². The second kappa shape index (κ2) is 5.75. The first kappa shape index (κ1) is 13.6. The van der Waals surface area contributed by atoms with Crippen LogP contribution >= 0.6 is 0 Å². The monoisotopic (exact) mass is 260 g/mol. The zero-order valence-corrected chi connectivity index (χ0v) is 8.73. The van der Waals surface area contributed by atoms with Gasteiger partial charge >= 0.3 is 11.9 Å². The molecule has 0 saturated carbocycles. The number of aromatic amines is 2. The Balaban J connectivity index is 0.000000225. The molecule has 0 saturated heterocycles. The van der Waals surface area contributed by atoms with Gasteiger partial charge in [0.25, 0.3) is 5.56 Å². The first-order chi connectivity index (χ1) is 8.41. The highest BCUT2D eigenvalue weighted by Gasteiger charge is 2.34. The summed E-state index contributed by atoms with van der Waals surface area (Å²) in [5.74, 6) is 0. The summed E-state index contributed by atoms with van der Waals surface area (Å²) in [5, 5.41) is 0. The van der Waals surface area contributed by atoms with Crippen LogP contribution in [0, 0.1) is 0 Å². The number of nitrogens with zero attached hydrogens (tertiary/aromatic N) is 2. The molecule has 18 heavy (non-hydrogen) atoms. The van der Waals surface area contributed by atoms with Crippen LogP contribution in [0.25, 0.3) is 0 Å². The molecular weight excluding hydrogens is 253 g/mol. The number of halogens is 3. The molecule has 0 aromatic carbocycles. The molecule has 2 rings (SSSR count). The van der Waals surface area contributed by atoms with Crippen molar-refractivity contribution < 1.29 is 13.2 Å². The maximum absolute atomic E-state index is 11.8. The van der Waals surface area contributed by atoms with Crippen LogP contribution in [-0.4, -0.2) is 19.9 Å². The van der Waals surface area contributed by atoms with Gasteiger partial charge in [0.1, 0.15) is 11.9 Å². The third-order valence-corrected chi connectivity index (χ3v) is 1.60. The van der Waals surface area contributed by atoms with Gasteiger partial charge < -0.3 is 4.98 Å². The fraction of sp³-hybridized carbons (Fsp3) is 0.111. The number of rotatable bonds is 0. The van der Waals surface area contributed by atoms with Crippen LogP contribution in [-0.2, 0) is 6.18 Å². The van der Waals surface area contributed by atoms with E-state index in [0.717, 1.165) is 0 Å². The van der Waals surface area contributed by atoms with Crippen molar-refractivity contribution in [3.05, 3.63) is 57.4 Å². The molecule has 0 aliphatic rings. The van der Waals surface area contributed by atoms with Crippen LogP contribution in [0.15, 0.2) is 40.6 Å². The van der Waals surface area contributed by atoms with E-state index in [1.54, 1.807) is 23.4 Å². The van der Waals surface area contributed by atoms with E-state index in [2.05, 4.69) is 9.97 Å². The highest BCUT2D eigenvalue weighted by atomic mass is 19.4. The molecule has 0 fully saturated rings. The van der Waals surface area contributed by atoms with Crippen LogP contribution in [0.5, 0.6) is 0 Å². The summed E-state index contributed by atoms with van der Waals surface area (Å²) in [4.78, 5) is 31.3. The summed E-state index contributed by atoms with van der Waals surface area (Å²) in [5.41, 5.74) is -3.82. The fourth-order valence-corrected chi connectivity index (χ4v) is 0.874. The van der Waals surface area contributed by atoms with E-state index in [4.69, 9.17) is 0 Å². The minimum Gasteiger partial charge on any atom is -0.313 e. The SMILES string of the molecule is O=c1[nH]cc(C(F)(F)F)c(=O)[nH]1.c1cncnc1. The first-order valence-electron chi connectivity index (χ1n) is 4.50. The first-order valence-corrected chi connectivity index (χ1v) is 4.50. The number of hydrogen-bond donors (Lipinski definition) is 2. The molecule has 9 heteroatoms. The molecule has 0 amide bonds. The number of H-pyrrole nitrogens is 2. The normalized spacial score (nSPS) is 10.4. The highest BCUT2D eigenvalue weighted by molar-refractivity contribution is 5.07. The van der Waals surface area contributed by atoms with E-state index in [1.807, 2.05) is 0 Å². The van der Waals surface area contributed by atoms with Gasteiger partial charge in [0.2, 0.25) is 0 Å². The molecule has 0 unspecified atom stereocenters. The average Bonchev–Trinajstić information content (AvgIpc) is 2.30. The minimum atomic E-state index is -4.74. The van der Waals surface area contributed by atoms with Gasteiger partial charge in [-0.05, 0) is 6.07 Å². The number of nitrogens with one attached hydrogen (secondary N) is 2. The predicted molar refractivity (Wildman–Crippen MR) is 54.7 cm³/mol. The van der Waals surface area contributed by atoms with Gasteiger partial charge in [0.15, 0.2) is 0 Å². The Labute approximate surface area is 97.6 Å². The lowest BCUT2D eigenvalue weighted by Gasteiger charge is -2.02. The summed E-state index contributed by atoms with van der Waals surface area (Å²) in [6, 6.07) is 1.78. The molecule has 0 bridgehead atoms. The molecule has 0 radical (unpaired) electrons. The summed E-state index contributed by atoms with van der Waals surface area (Å²) >= 11 is 0. The summed E-state index contributed by atoms with van der Waals surface area (Å²) in [7, 11) is 0. The Morgan fingerprint density at radius 2 is 1.72 bits per heavy atom. The summed E-state index contributed by atoms with van der Waals surface area (Å²) in [6.45, 7) is 0. The van der Waals surface area contributed by atoms with Crippen LogP contribution in [0.4, 0.5) is 13.2 Å². The van der Waals surface area contributed by atoms with E-state index in [9.17, 15) is 22.8 Å². The maximum atomic E-state index is 11.8. The van der Waals surface area contributed by atoms with Gasteiger partial charge in [-0.1, -0.05) is 0 Å². The van der Waals surface area contributed by atoms with Gasteiger partial charge in [-0.2, -0.15) is 13.2 Å². The average molecular weight is 260 g/mol. The summed E-state index contributed by atoms with van der Waals surface area (Å²) in [6.07, 6.45) is 0.471. The molecule has 0 atom stereocenters. The lowest BCUT2D eigenvalue weighted by molar-refractivity contribution is -0.139. The van der Waals surface area contributed by atoms with Crippen molar-refractivity contribution in [3.63, 3.8) is 0 Å². The van der Waals surface area contributed by atoms with Crippen LogP contribution in [0.3, 0.4) is 0 Å². The van der Waals surface area contributed by atoms with Crippen molar-refractivity contribution in [2.75, 3.05) is 0 Å². The molecular formula is C9H7F3N4O2. The largest absolute Gasteiger partial charge is 0.423 e. The van der Waals surface area contributed by atoms with Gasteiger partial charge in [-0.25, -0.2) is 14.8 Å². The minimum absolute atomic E-state index is 0.334. The smallest absolute Gasteiger partial charge is 0.313 e. The Morgan fingerprint density at radius 1 is 1.11 bits per heavy atom. The van der Waals surface area contributed by atoms with Crippen molar-refractivity contribution in [2.45, 2.75) is 6.18 Å². The lowest BCUT2D eigenvalue weighted by Crippen LogP contribution is -2.28. The van der Waals surface area contributed by atoms with E-state index in [1.165, 1.54) is 11.3 Å². The van der Waals surface area contributed by atoms with Crippen molar-refractivity contribution in [2.24, 2.45) is 0 Å². The third-order valence-electron chi connectivity index (χ3n) is 1.60. The topological polar surface area (TPSA) is 91.5 Å². The second-order valence-corrected chi connectivity index (χ2v) is 2.89. The fourth-order valence-electron chi connectivity index (χ4n) is 0.874. The van der Waals surface area contributed by atoms with E-state index in [-0.39, 0.29) is 0 Å². The van der Waals surface area contributed by atoms with Crippen LogP contribution < -0.4 is 11.2 Å². The van der Waals surface area contributed by atoms with E-state index in [0.29, 0.717) is 6.20 Å². The lowest BCUT2D eigenvalue weighted by atomic mass is 10.3. The van der Waals surface area contributed by atoms with Crippen molar-refractivity contribution in [3.8, 4) is 0 Å². The molecule has 0 aliphatic heterocycles.